The number of thiazole rings is 1. The Labute approximate surface area is 156 Å². The second-order valence-electron chi connectivity index (χ2n) is 7.29. The van der Waals surface area contributed by atoms with Crippen molar-refractivity contribution in [2.75, 3.05) is 12.3 Å². The van der Waals surface area contributed by atoms with Crippen molar-refractivity contribution >= 4 is 32.6 Å². The van der Waals surface area contributed by atoms with Gasteiger partial charge in [-0.2, -0.15) is 0 Å². The monoisotopic (exact) mass is 363 g/mol. The topological polar surface area (TPSA) is 59.2 Å². The van der Waals surface area contributed by atoms with Crippen LogP contribution >= 0.6 is 11.3 Å². The molecule has 26 heavy (non-hydrogen) atoms. The Morgan fingerprint density at radius 2 is 2.08 bits per heavy atom. The summed E-state index contributed by atoms with van der Waals surface area (Å²) in [5, 5.41) is 0.548. The van der Waals surface area contributed by atoms with E-state index in [4.69, 9.17) is 5.73 Å². The number of hydrogen-bond acceptors (Lipinski definition) is 4. The molecular weight excluding hydrogens is 342 g/mol. The molecule has 2 aromatic carbocycles. The number of benzene rings is 2. The van der Waals surface area contributed by atoms with E-state index in [1.807, 2.05) is 18.2 Å². The summed E-state index contributed by atoms with van der Waals surface area (Å²) in [5.41, 5.74) is 10.3. The average molecular weight is 363 g/mol. The van der Waals surface area contributed by atoms with Gasteiger partial charge >= 0.3 is 0 Å². The molecule has 2 heterocycles. The first kappa shape index (κ1) is 15.8. The van der Waals surface area contributed by atoms with E-state index in [0.29, 0.717) is 17.1 Å². The number of rotatable bonds is 1. The third kappa shape index (κ3) is 2.50. The third-order valence-electron chi connectivity index (χ3n) is 5.86. The lowest BCUT2D eigenvalue weighted by Crippen LogP contribution is -2.49. The first-order chi connectivity index (χ1) is 12.7. The number of amides is 1. The highest BCUT2D eigenvalue weighted by Crippen LogP contribution is 2.41. The number of nitrogens with zero attached hydrogens (tertiary/aromatic N) is 2. The Hall–Kier alpha value is -2.40. The van der Waals surface area contributed by atoms with Crippen LogP contribution in [0.4, 0.5) is 5.13 Å². The molecule has 0 saturated carbocycles. The normalized spacial score (nSPS) is 22.1. The molecule has 2 N–H and O–H groups in total. The van der Waals surface area contributed by atoms with Gasteiger partial charge in [0.1, 0.15) is 0 Å². The number of hydrogen-bond donors (Lipinski definition) is 1. The SMILES string of the molecule is Nc1nc2ccc(C(=O)N3CCC[C@H]4c5ccccc5CC[C@H]43)cc2s1. The van der Waals surface area contributed by atoms with Gasteiger partial charge in [-0.15, -0.1) is 0 Å². The van der Waals surface area contributed by atoms with Crippen LogP contribution in [0.5, 0.6) is 0 Å². The summed E-state index contributed by atoms with van der Waals surface area (Å²) in [6.45, 7) is 0.852. The van der Waals surface area contributed by atoms with Gasteiger partial charge in [-0.3, -0.25) is 4.79 Å². The van der Waals surface area contributed by atoms with Gasteiger partial charge in [0.05, 0.1) is 10.2 Å². The molecule has 1 saturated heterocycles. The molecule has 1 fully saturated rings. The van der Waals surface area contributed by atoms with Crippen molar-refractivity contribution in [1.82, 2.24) is 9.88 Å². The number of nitrogens with two attached hydrogens (primary N) is 1. The lowest BCUT2D eigenvalue weighted by Gasteiger charge is -2.45. The van der Waals surface area contributed by atoms with Gasteiger partial charge in [0.15, 0.2) is 5.13 Å². The lowest BCUT2D eigenvalue weighted by molar-refractivity contribution is 0.0547. The van der Waals surface area contributed by atoms with Crippen molar-refractivity contribution in [2.24, 2.45) is 0 Å². The Morgan fingerprint density at radius 3 is 3.00 bits per heavy atom. The maximum atomic E-state index is 13.3. The lowest BCUT2D eigenvalue weighted by atomic mass is 9.74. The van der Waals surface area contributed by atoms with Gasteiger partial charge in [-0.1, -0.05) is 35.6 Å². The second kappa shape index (κ2) is 6.09. The largest absolute Gasteiger partial charge is 0.375 e. The molecule has 1 amide bonds. The summed E-state index contributed by atoms with van der Waals surface area (Å²) in [6.07, 6.45) is 4.36. The molecule has 0 radical (unpaired) electrons. The van der Waals surface area contributed by atoms with Crippen LogP contribution in [0.3, 0.4) is 0 Å². The Bertz CT molecular complexity index is 996. The highest BCUT2D eigenvalue weighted by Gasteiger charge is 2.38. The van der Waals surface area contributed by atoms with Crippen molar-refractivity contribution in [3.05, 3.63) is 59.2 Å². The van der Waals surface area contributed by atoms with Crippen LogP contribution in [-0.2, 0) is 6.42 Å². The summed E-state index contributed by atoms with van der Waals surface area (Å²) < 4.78 is 0.982. The highest BCUT2D eigenvalue weighted by atomic mass is 32.1. The summed E-state index contributed by atoms with van der Waals surface area (Å²) in [7, 11) is 0. The van der Waals surface area contributed by atoms with E-state index in [2.05, 4.69) is 34.1 Å². The van der Waals surface area contributed by atoms with Crippen LogP contribution < -0.4 is 5.73 Å². The number of carbonyl (C=O) groups is 1. The fourth-order valence-corrected chi connectivity index (χ4v) is 5.47. The van der Waals surface area contributed by atoms with Crippen LogP contribution in [-0.4, -0.2) is 28.4 Å². The van der Waals surface area contributed by atoms with Gasteiger partial charge in [-0.25, -0.2) is 4.98 Å². The van der Waals surface area contributed by atoms with E-state index in [9.17, 15) is 4.79 Å². The van der Waals surface area contributed by atoms with E-state index >= 15 is 0 Å². The predicted molar refractivity (Wildman–Crippen MR) is 106 cm³/mol. The molecule has 5 heteroatoms. The number of piperidine rings is 1. The Kier molecular flexibility index (Phi) is 3.71. The van der Waals surface area contributed by atoms with Crippen molar-refractivity contribution < 1.29 is 4.79 Å². The zero-order valence-corrected chi connectivity index (χ0v) is 15.3. The third-order valence-corrected chi connectivity index (χ3v) is 6.70. The molecule has 132 valence electrons. The molecule has 3 aromatic rings. The number of fused-ring (bicyclic) bond motifs is 4. The van der Waals surface area contributed by atoms with Gasteiger partial charge in [0.25, 0.3) is 5.91 Å². The molecule has 2 atom stereocenters. The predicted octanol–water partition coefficient (Wildman–Crippen LogP) is 4.21. The van der Waals surface area contributed by atoms with E-state index < -0.39 is 0 Å². The molecule has 4 nitrogen and oxygen atoms in total. The first-order valence-corrected chi connectivity index (χ1v) is 10.1. The molecule has 5 rings (SSSR count). The van der Waals surface area contributed by atoms with Gasteiger partial charge in [0.2, 0.25) is 0 Å². The second-order valence-corrected chi connectivity index (χ2v) is 8.35. The van der Waals surface area contributed by atoms with E-state index in [1.54, 1.807) is 0 Å². The smallest absolute Gasteiger partial charge is 0.254 e. The summed E-state index contributed by atoms with van der Waals surface area (Å²) >= 11 is 1.44. The van der Waals surface area contributed by atoms with Crippen molar-refractivity contribution in [2.45, 2.75) is 37.6 Å². The number of likely N-dealkylation sites (tertiary alicyclic amines) is 1. The zero-order valence-electron chi connectivity index (χ0n) is 14.5. The van der Waals surface area contributed by atoms with E-state index in [0.717, 1.165) is 41.6 Å². The fourth-order valence-electron chi connectivity index (χ4n) is 4.70. The minimum absolute atomic E-state index is 0.146. The van der Waals surface area contributed by atoms with Crippen molar-refractivity contribution in [1.29, 1.82) is 0 Å². The van der Waals surface area contributed by atoms with Crippen LogP contribution in [0.25, 0.3) is 10.2 Å². The summed E-state index contributed by atoms with van der Waals surface area (Å²) in [4.78, 5) is 19.7. The summed E-state index contributed by atoms with van der Waals surface area (Å²) in [5.74, 6) is 0.619. The quantitative estimate of drug-likeness (QED) is 0.704. The highest BCUT2D eigenvalue weighted by molar-refractivity contribution is 7.22. The standard InChI is InChI=1S/C21H21N3OS/c22-21-23-17-9-7-14(12-19(17)26-21)20(25)24-11-3-6-16-15-5-2-1-4-13(15)8-10-18(16)24/h1-2,4-5,7,9,12,16,18H,3,6,8,10-11H2,(H2,22,23)/t16-,18+/m0/s1. The molecule has 2 aliphatic rings. The Morgan fingerprint density at radius 1 is 1.19 bits per heavy atom. The number of aromatic nitrogens is 1. The number of nitrogen functional groups attached to an aromatic ring is 1. The van der Waals surface area contributed by atoms with Crippen LogP contribution in [0.15, 0.2) is 42.5 Å². The fraction of sp³-hybridized carbons (Fsp3) is 0.333. The molecule has 0 spiro atoms. The first-order valence-electron chi connectivity index (χ1n) is 9.25. The summed E-state index contributed by atoms with van der Waals surface area (Å²) in [6, 6.07) is 14.8. The number of aryl methyl sites for hydroxylation is 1. The minimum Gasteiger partial charge on any atom is -0.375 e. The van der Waals surface area contributed by atoms with Gasteiger partial charge < -0.3 is 10.6 Å². The molecular formula is C21H21N3OS. The van der Waals surface area contributed by atoms with Crippen molar-refractivity contribution in [3.8, 4) is 0 Å². The van der Waals surface area contributed by atoms with Crippen molar-refractivity contribution in [3.63, 3.8) is 0 Å². The number of anilines is 1. The maximum Gasteiger partial charge on any atom is 0.254 e. The van der Waals surface area contributed by atoms with Crippen LogP contribution in [0, 0.1) is 0 Å². The molecule has 1 aromatic heterocycles. The molecule has 1 aliphatic carbocycles. The average Bonchev–Trinajstić information content (AvgIpc) is 3.06. The maximum absolute atomic E-state index is 13.3. The van der Waals surface area contributed by atoms with E-state index in [-0.39, 0.29) is 5.91 Å². The van der Waals surface area contributed by atoms with Crippen LogP contribution in [0.2, 0.25) is 0 Å². The Balaban J connectivity index is 1.48. The minimum atomic E-state index is 0.146. The van der Waals surface area contributed by atoms with Crippen LogP contribution in [0.1, 0.15) is 46.7 Å². The van der Waals surface area contributed by atoms with Gasteiger partial charge in [-0.05, 0) is 55.0 Å². The van der Waals surface area contributed by atoms with E-state index in [1.165, 1.54) is 28.9 Å². The molecule has 0 unspecified atom stereocenters. The molecule has 1 aliphatic heterocycles. The zero-order chi connectivity index (χ0) is 17.7. The molecule has 0 bridgehead atoms. The number of carbonyl (C=O) groups excluding carboxylic acids is 1. The van der Waals surface area contributed by atoms with Gasteiger partial charge in [0, 0.05) is 24.1 Å².